The van der Waals surface area contributed by atoms with E-state index in [2.05, 4.69) is 15.2 Å². The minimum atomic E-state index is -1.56. The molecule has 1 aromatic heterocycles. The van der Waals surface area contributed by atoms with Gasteiger partial charge >= 0.3 is 0 Å². The van der Waals surface area contributed by atoms with Crippen LogP contribution in [0.4, 0.5) is 27.6 Å². The highest BCUT2D eigenvalue weighted by Crippen LogP contribution is 2.44. The summed E-state index contributed by atoms with van der Waals surface area (Å²) in [5, 5.41) is 3.98. The Bertz CT molecular complexity index is 1280. The summed E-state index contributed by atoms with van der Waals surface area (Å²) in [7, 11) is 0. The van der Waals surface area contributed by atoms with Crippen LogP contribution in [0.25, 0.3) is 10.9 Å². The Morgan fingerprint density at radius 3 is 2.47 bits per heavy atom. The molecule has 2 aliphatic heterocycles. The van der Waals surface area contributed by atoms with Crippen molar-refractivity contribution < 1.29 is 22.0 Å². The number of benzene rings is 2. The molecule has 2 aromatic carbocycles. The van der Waals surface area contributed by atoms with E-state index in [1.165, 1.54) is 31.2 Å². The van der Waals surface area contributed by atoms with E-state index in [0.717, 1.165) is 10.9 Å². The zero-order valence-electron chi connectivity index (χ0n) is 22.1. The second-order valence-corrected chi connectivity index (χ2v) is 11.1. The van der Waals surface area contributed by atoms with Gasteiger partial charge in [0.15, 0.2) is 0 Å². The standard InChI is InChI=1S/C29H35F5N4/c1-4-29(3,34)16-38-17(2)10-22-21-7-6-18(31)11-25(21)36-27(22)28(38)26-23(32)12-19(13-24(26)33)35-20-14-37(15-20)9-5-8-30/h6-7,11-13,17,20,28,35-36H,4-5,8-10,14-16H2,1-3H3/t17-,28-,29+/m0/s1. The molecule has 5 rings (SSSR count). The van der Waals surface area contributed by atoms with Gasteiger partial charge in [-0.25, -0.2) is 17.6 Å². The highest BCUT2D eigenvalue weighted by atomic mass is 19.2. The minimum absolute atomic E-state index is 0.00578. The van der Waals surface area contributed by atoms with Gasteiger partial charge in [-0.2, -0.15) is 0 Å². The van der Waals surface area contributed by atoms with Crippen molar-refractivity contribution >= 4 is 16.6 Å². The quantitative estimate of drug-likeness (QED) is 0.307. The zero-order valence-corrected chi connectivity index (χ0v) is 22.1. The number of nitrogens with zero attached hydrogens (tertiary/aromatic N) is 2. The summed E-state index contributed by atoms with van der Waals surface area (Å²) in [4.78, 5) is 7.12. The van der Waals surface area contributed by atoms with Crippen LogP contribution in [0.3, 0.4) is 0 Å². The molecule has 0 radical (unpaired) electrons. The first-order chi connectivity index (χ1) is 18.1. The van der Waals surface area contributed by atoms with Crippen LogP contribution in [-0.2, 0) is 6.42 Å². The number of aromatic amines is 1. The first-order valence-electron chi connectivity index (χ1n) is 13.4. The predicted octanol–water partition coefficient (Wildman–Crippen LogP) is 6.52. The van der Waals surface area contributed by atoms with Crippen LogP contribution in [0.5, 0.6) is 0 Å². The molecule has 3 aromatic rings. The van der Waals surface area contributed by atoms with E-state index in [4.69, 9.17) is 0 Å². The summed E-state index contributed by atoms with van der Waals surface area (Å²) >= 11 is 0. The van der Waals surface area contributed by atoms with Crippen molar-refractivity contribution in [3.63, 3.8) is 0 Å². The number of rotatable bonds is 9. The van der Waals surface area contributed by atoms with E-state index in [1.807, 2.05) is 11.8 Å². The van der Waals surface area contributed by atoms with E-state index in [-0.39, 0.29) is 37.3 Å². The lowest BCUT2D eigenvalue weighted by molar-refractivity contribution is 0.0516. The maximum atomic E-state index is 15.8. The Kier molecular flexibility index (Phi) is 7.44. The summed E-state index contributed by atoms with van der Waals surface area (Å²) in [6.07, 6.45) is 1.27. The molecule has 3 heterocycles. The number of likely N-dealkylation sites (tertiary alicyclic amines) is 1. The Balaban J connectivity index is 1.52. The molecule has 0 spiro atoms. The lowest BCUT2D eigenvalue weighted by Gasteiger charge is -2.43. The fourth-order valence-electron chi connectivity index (χ4n) is 5.88. The van der Waals surface area contributed by atoms with Crippen LogP contribution in [-0.4, -0.2) is 65.4 Å². The highest BCUT2D eigenvalue weighted by molar-refractivity contribution is 5.85. The number of anilines is 1. The largest absolute Gasteiger partial charge is 0.380 e. The average Bonchev–Trinajstić information content (AvgIpc) is 3.18. The number of fused-ring (bicyclic) bond motifs is 3. The van der Waals surface area contributed by atoms with Gasteiger partial charge in [-0.15, -0.1) is 0 Å². The monoisotopic (exact) mass is 534 g/mol. The van der Waals surface area contributed by atoms with Crippen LogP contribution in [0.2, 0.25) is 0 Å². The van der Waals surface area contributed by atoms with Gasteiger partial charge in [0.1, 0.15) is 23.1 Å². The van der Waals surface area contributed by atoms with Gasteiger partial charge in [0.05, 0.1) is 18.8 Å². The lowest BCUT2D eigenvalue weighted by Crippen LogP contribution is -2.54. The molecule has 9 heteroatoms. The molecule has 4 nitrogen and oxygen atoms in total. The van der Waals surface area contributed by atoms with Gasteiger partial charge in [0.2, 0.25) is 0 Å². The van der Waals surface area contributed by atoms with Crippen molar-refractivity contribution in [2.75, 3.05) is 38.2 Å². The van der Waals surface area contributed by atoms with Gasteiger partial charge in [0, 0.05) is 60.1 Å². The van der Waals surface area contributed by atoms with E-state index in [0.29, 0.717) is 49.4 Å². The lowest BCUT2D eigenvalue weighted by atomic mass is 9.86. The first kappa shape index (κ1) is 26.9. The molecule has 1 fully saturated rings. The predicted molar refractivity (Wildman–Crippen MR) is 141 cm³/mol. The Hall–Kier alpha value is -2.65. The zero-order chi connectivity index (χ0) is 27.2. The Morgan fingerprint density at radius 2 is 1.82 bits per heavy atom. The molecule has 0 saturated carbocycles. The van der Waals surface area contributed by atoms with E-state index < -0.39 is 29.2 Å². The molecule has 0 aliphatic carbocycles. The summed E-state index contributed by atoms with van der Waals surface area (Å²) in [5.41, 5.74) is 0.604. The van der Waals surface area contributed by atoms with E-state index in [1.54, 1.807) is 13.0 Å². The number of halogens is 5. The molecule has 0 bridgehead atoms. The van der Waals surface area contributed by atoms with Crippen molar-refractivity contribution in [1.82, 2.24) is 14.8 Å². The van der Waals surface area contributed by atoms with Crippen LogP contribution in [0.15, 0.2) is 30.3 Å². The first-order valence-corrected chi connectivity index (χ1v) is 13.4. The SMILES string of the molecule is CC[C@@](C)(F)CN1[C@@H](c2c(F)cc(NC3CN(CCCF)C3)cc2F)c2[nH]c3cc(F)ccc3c2C[C@@H]1C. The molecular formula is C29H35F5N4. The van der Waals surface area contributed by atoms with Gasteiger partial charge in [-0.1, -0.05) is 6.92 Å². The van der Waals surface area contributed by atoms with Crippen LogP contribution in [0.1, 0.15) is 56.5 Å². The Labute approximate surface area is 220 Å². The van der Waals surface area contributed by atoms with Gasteiger partial charge < -0.3 is 10.3 Å². The van der Waals surface area contributed by atoms with Crippen molar-refractivity contribution in [3.8, 4) is 0 Å². The number of hydrogen-bond donors (Lipinski definition) is 2. The van der Waals surface area contributed by atoms with E-state index >= 15 is 13.2 Å². The normalized spacial score (nSPS) is 22.3. The summed E-state index contributed by atoms with van der Waals surface area (Å²) in [6, 6.07) is 5.92. The maximum Gasteiger partial charge on any atom is 0.133 e. The van der Waals surface area contributed by atoms with E-state index in [9.17, 15) is 8.78 Å². The number of nitrogens with one attached hydrogen (secondary N) is 2. The molecule has 0 amide bonds. The number of H-pyrrole nitrogens is 1. The second kappa shape index (κ2) is 10.5. The van der Waals surface area contributed by atoms with Crippen molar-refractivity contribution in [2.24, 2.45) is 0 Å². The van der Waals surface area contributed by atoms with Crippen molar-refractivity contribution in [2.45, 2.75) is 63.8 Å². The molecule has 38 heavy (non-hydrogen) atoms. The molecule has 206 valence electrons. The van der Waals surface area contributed by atoms with Crippen molar-refractivity contribution in [1.29, 1.82) is 0 Å². The molecule has 1 saturated heterocycles. The van der Waals surface area contributed by atoms with Gasteiger partial charge in [-0.3, -0.25) is 14.2 Å². The third kappa shape index (κ3) is 5.15. The Morgan fingerprint density at radius 1 is 1.11 bits per heavy atom. The fraction of sp³-hybridized carbons (Fsp3) is 0.517. The molecular weight excluding hydrogens is 499 g/mol. The molecule has 0 unspecified atom stereocenters. The summed E-state index contributed by atoms with van der Waals surface area (Å²) in [5.74, 6) is -1.86. The maximum absolute atomic E-state index is 15.8. The summed E-state index contributed by atoms with van der Waals surface area (Å²) in [6.45, 7) is 6.84. The van der Waals surface area contributed by atoms with Crippen molar-refractivity contribution in [3.05, 3.63) is 64.6 Å². The number of hydrogen-bond acceptors (Lipinski definition) is 3. The number of alkyl halides is 2. The molecule has 2 N–H and O–H groups in total. The minimum Gasteiger partial charge on any atom is -0.380 e. The fourth-order valence-corrected chi connectivity index (χ4v) is 5.88. The highest BCUT2D eigenvalue weighted by Gasteiger charge is 2.41. The van der Waals surface area contributed by atoms with Crippen LogP contribution < -0.4 is 5.32 Å². The molecule has 3 atom stereocenters. The smallest absolute Gasteiger partial charge is 0.133 e. The molecule has 2 aliphatic rings. The van der Waals surface area contributed by atoms with Gasteiger partial charge in [-0.05, 0) is 69.0 Å². The van der Waals surface area contributed by atoms with Crippen LogP contribution in [0, 0.1) is 17.5 Å². The average molecular weight is 535 g/mol. The third-order valence-corrected chi connectivity index (χ3v) is 8.11. The van der Waals surface area contributed by atoms with Crippen LogP contribution >= 0.6 is 0 Å². The second-order valence-electron chi connectivity index (χ2n) is 11.1. The topological polar surface area (TPSA) is 34.3 Å². The third-order valence-electron chi connectivity index (χ3n) is 8.11. The summed E-state index contributed by atoms with van der Waals surface area (Å²) < 4.78 is 73.4. The number of aromatic nitrogens is 1. The van der Waals surface area contributed by atoms with Gasteiger partial charge in [0.25, 0.3) is 0 Å².